The number of likely N-dealkylation sites (tertiary alicyclic amines) is 1. The number of amides is 1. The summed E-state index contributed by atoms with van der Waals surface area (Å²) in [6, 6.07) is 6.61. The minimum atomic E-state index is -0.672. The molecule has 1 aliphatic heterocycles. The number of carbonyl (C=O) groups excluding carboxylic acids is 2. The summed E-state index contributed by atoms with van der Waals surface area (Å²) in [4.78, 5) is 28.4. The van der Waals surface area contributed by atoms with E-state index in [4.69, 9.17) is 9.47 Å². The number of aryl methyl sites for hydroxylation is 2. The van der Waals surface area contributed by atoms with Gasteiger partial charge < -0.3 is 19.5 Å². The standard InChI is InChI=1S/C25H31NO5S/c1-6-11-31-19-8-7-18(14-17(19)5)22(27)20-21(24-16(4)9-13-32-24)26(25(29)23(20)28)10-12-30-15(2)3/h7-9,13-15,21,27H,6,10-12H2,1-5H3/b22-20-. The molecule has 2 heterocycles. The molecule has 1 amide bonds. The van der Waals surface area contributed by atoms with Crippen molar-refractivity contribution in [2.24, 2.45) is 0 Å². The van der Waals surface area contributed by atoms with Gasteiger partial charge in [-0.05, 0) is 74.9 Å². The average molecular weight is 458 g/mol. The second kappa shape index (κ2) is 10.3. The number of thiophene rings is 1. The Bertz CT molecular complexity index is 1020. The molecule has 1 unspecified atom stereocenters. The summed E-state index contributed by atoms with van der Waals surface area (Å²) in [5, 5.41) is 13.1. The average Bonchev–Trinajstić information content (AvgIpc) is 3.27. The van der Waals surface area contributed by atoms with Crippen LogP contribution in [-0.2, 0) is 14.3 Å². The normalized spacial score (nSPS) is 18.1. The van der Waals surface area contributed by atoms with Crippen molar-refractivity contribution in [1.82, 2.24) is 4.90 Å². The molecule has 1 aliphatic rings. The minimum Gasteiger partial charge on any atom is -0.507 e. The van der Waals surface area contributed by atoms with E-state index in [1.807, 2.05) is 46.1 Å². The lowest BCUT2D eigenvalue weighted by Crippen LogP contribution is -2.33. The van der Waals surface area contributed by atoms with Crippen molar-refractivity contribution in [2.75, 3.05) is 19.8 Å². The van der Waals surface area contributed by atoms with E-state index in [1.54, 1.807) is 18.2 Å². The summed E-state index contributed by atoms with van der Waals surface area (Å²) in [7, 11) is 0. The molecule has 1 aromatic carbocycles. The lowest BCUT2D eigenvalue weighted by Gasteiger charge is -2.25. The second-order valence-corrected chi connectivity index (χ2v) is 9.16. The topological polar surface area (TPSA) is 76.1 Å². The smallest absolute Gasteiger partial charge is 0.295 e. The molecule has 1 fully saturated rings. The Labute approximate surface area is 193 Å². The SMILES string of the molecule is CCCOc1ccc(/C(O)=C2/C(=O)C(=O)N(CCOC(C)C)C2c2sccc2C)cc1C. The highest BCUT2D eigenvalue weighted by Crippen LogP contribution is 2.42. The molecule has 172 valence electrons. The summed E-state index contributed by atoms with van der Waals surface area (Å²) in [6.07, 6.45) is 0.913. The molecule has 7 heteroatoms. The molecule has 0 spiro atoms. The Kier molecular flexibility index (Phi) is 7.74. The maximum atomic E-state index is 13.1. The van der Waals surface area contributed by atoms with Gasteiger partial charge >= 0.3 is 0 Å². The van der Waals surface area contributed by atoms with Crippen molar-refractivity contribution >= 4 is 28.8 Å². The number of Topliss-reactive ketones (excluding diaryl/α,β-unsaturated/α-hetero) is 1. The number of aliphatic hydroxyl groups excluding tert-OH is 1. The van der Waals surface area contributed by atoms with Gasteiger partial charge in [-0.2, -0.15) is 0 Å². The maximum absolute atomic E-state index is 13.1. The van der Waals surface area contributed by atoms with Crippen LogP contribution in [0, 0.1) is 13.8 Å². The number of rotatable bonds is 9. The molecule has 0 aliphatic carbocycles. The van der Waals surface area contributed by atoms with Gasteiger partial charge in [-0.1, -0.05) is 6.92 Å². The Hall–Kier alpha value is -2.64. The van der Waals surface area contributed by atoms with Crippen LogP contribution in [0.15, 0.2) is 35.2 Å². The number of ether oxygens (including phenoxy) is 2. The first-order chi connectivity index (χ1) is 15.3. The number of carbonyl (C=O) groups is 2. The van der Waals surface area contributed by atoms with E-state index in [0.29, 0.717) is 18.8 Å². The number of ketones is 1. The highest BCUT2D eigenvalue weighted by molar-refractivity contribution is 7.10. The van der Waals surface area contributed by atoms with Gasteiger partial charge in [0, 0.05) is 17.0 Å². The number of benzene rings is 1. The number of hydrogen-bond acceptors (Lipinski definition) is 6. The molecule has 1 saturated heterocycles. The van der Waals surface area contributed by atoms with Crippen LogP contribution in [0.25, 0.3) is 5.76 Å². The van der Waals surface area contributed by atoms with E-state index in [9.17, 15) is 14.7 Å². The molecular formula is C25H31NO5S. The molecule has 2 aromatic rings. The fourth-order valence-electron chi connectivity index (χ4n) is 3.76. The van der Waals surface area contributed by atoms with Crippen molar-refractivity contribution in [1.29, 1.82) is 0 Å². The molecule has 0 radical (unpaired) electrons. The van der Waals surface area contributed by atoms with Crippen molar-refractivity contribution in [3.05, 3.63) is 56.8 Å². The van der Waals surface area contributed by atoms with Gasteiger partial charge in [0.25, 0.3) is 11.7 Å². The Morgan fingerprint density at radius 3 is 2.50 bits per heavy atom. The summed E-state index contributed by atoms with van der Waals surface area (Å²) in [5.74, 6) is -0.718. The molecule has 1 atom stereocenters. The largest absolute Gasteiger partial charge is 0.507 e. The van der Waals surface area contributed by atoms with Crippen molar-refractivity contribution < 1.29 is 24.2 Å². The van der Waals surface area contributed by atoms with E-state index in [0.717, 1.165) is 28.2 Å². The molecule has 0 bridgehead atoms. The van der Waals surface area contributed by atoms with Gasteiger partial charge in [0.15, 0.2) is 0 Å². The predicted molar refractivity (Wildman–Crippen MR) is 126 cm³/mol. The lowest BCUT2D eigenvalue weighted by molar-refractivity contribution is -0.140. The first-order valence-corrected chi connectivity index (χ1v) is 11.8. The van der Waals surface area contributed by atoms with Crippen molar-refractivity contribution in [3.63, 3.8) is 0 Å². The zero-order valence-electron chi connectivity index (χ0n) is 19.3. The number of hydrogen-bond donors (Lipinski definition) is 1. The Morgan fingerprint density at radius 2 is 1.91 bits per heavy atom. The number of nitrogens with zero attached hydrogens (tertiary/aromatic N) is 1. The van der Waals surface area contributed by atoms with E-state index >= 15 is 0 Å². The summed E-state index contributed by atoms with van der Waals surface area (Å²) >= 11 is 1.47. The molecule has 3 rings (SSSR count). The van der Waals surface area contributed by atoms with E-state index in [2.05, 4.69) is 0 Å². The molecular weight excluding hydrogens is 426 g/mol. The third-order valence-electron chi connectivity index (χ3n) is 5.38. The van der Waals surface area contributed by atoms with Crippen LogP contribution >= 0.6 is 11.3 Å². The quantitative estimate of drug-likeness (QED) is 0.326. The highest BCUT2D eigenvalue weighted by atomic mass is 32.1. The first kappa shape index (κ1) is 24.0. The van der Waals surface area contributed by atoms with Crippen LogP contribution in [0.3, 0.4) is 0 Å². The lowest BCUT2D eigenvalue weighted by atomic mass is 9.97. The summed E-state index contributed by atoms with van der Waals surface area (Å²) in [6.45, 7) is 10.9. The monoisotopic (exact) mass is 457 g/mol. The van der Waals surface area contributed by atoms with E-state index in [1.165, 1.54) is 16.2 Å². The second-order valence-electron chi connectivity index (χ2n) is 8.21. The first-order valence-electron chi connectivity index (χ1n) is 10.9. The van der Waals surface area contributed by atoms with Crippen molar-refractivity contribution in [2.45, 2.75) is 53.2 Å². The van der Waals surface area contributed by atoms with Gasteiger partial charge in [0.05, 0.1) is 30.9 Å². The third kappa shape index (κ3) is 4.89. The molecule has 1 N–H and O–H groups in total. The minimum absolute atomic E-state index is 0.0187. The van der Waals surface area contributed by atoms with Crippen molar-refractivity contribution in [3.8, 4) is 5.75 Å². The van der Waals surface area contributed by atoms with E-state index < -0.39 is 17.7 Å². The molecule has 6 nitrogen and oxygen atoms in total. The maximum Gasteiger partial charge on any atom is 0.295 e. The van der Waals surface area contributed by atoms with Gasteiger partial charge in [-0.3, -0.25) is 9.59 Å². The van der Waals surface area contributed by atoms with Crippen LogP contribution in [0.2, 0.25) is 0 Å². The molecule has 1 aromatic heterocycles. The van der Waals surface area contributed by atoms with Crippen LogP contribution in [-0.4, -0.2) is 47.6 Å². The summed E-state index contributed by atoms with van der Waals surface area (Å²) in [5.41, 5.74) is 2.43. The summed E-state index contributed by atoms with van der Waals surface area (Å²) < 4.78 is 11.4. The van der Waals surface area contributed by atoms with Gasteiger partial charge in [-0.15, -0.1) is 11.3 Å². The molecule has 32 heavy (non-hydrogen) atoms. The van der Waals surface area contributed by atoms with Gasteiger partial charge in [-0.25, -0.2) is 0 Å². The van der Waals surface area contributed by atoms with Crippen LogP contribution < -0.4 is 4.74 Å². The van der Waals surface area contributed by atoms with Gasteiger partial charge in [0.1, 0.15) is 11.5 Å². The molecule has 0 saturated carbocycles. The van der Waals surface area contributed by atoms with Crippen LogP contribution in [0.1, 0.15) is 54.8 Å². The predicted octanol–water partition coefficient (Wildman–Crippen LogP) is 5.00. The fraction of sp³-hybridized carbons (Fsp3) is 0.440. The zero-order chi connectivity index (χ0) is 23.4. The highest BCUT2D eigenvalue weighted by Gasteiger charge is 2.46. The fourth-order valence-corrected chi connectivity index (χ4v) is 4.81. The third-order valence-corrected chi connectivity index (χ3v) is 6.45. The van der Waals surface area contributed by atoms with Gasteiger partial charge in [0.2, 0.25) is 0 Å². The Balaban J connectivity index is 2.04. The van der Waals surface area contributed by atoms with Crippen LogP contribution in [0.4, 0.5) is 0 Å². The van der Waals surface area contributed by atoms with Crippen LogP contribution in [0.5, 0.6) is 5.75 Å². The Morgan fingerprint density at radius 1 is 1.16 bits per heavy atom. The van der Waals surface area contributed by atoms with E-state index in [-0.39, 0.29) is 24.0 Å². The zero-order valence-corrected chi connectivity index (χ0v) is 20.1. The number of aliphatic hydroxyl groups is 1.